The van der Waals surface area contributed by atoms with Crippen molar-refractivity contribution in [2.45, 2.75) is 0 Å². The second-order valence-electron chi connectivity index (χ2n) is 0. The molecule has 0 N–H and O–H groups in total. The molecule has 0 heterocycles. The molecule has 0 rings (SSSR count). The van der Waals surface area contributed by atoms with Gasteiger partial charge in [0, 0.05) is 0 Å². The fraction of sp³-hybridized carbons (Fsp3) is 0. The van der Waals surface area contributed by atoms with Crippen LogP contribution in [0.1, 0.15) is 0 Å². The Hall–Kier alpha value is 3.08. The van der Waals surface area contributed by atoms with Gasteiger partial charge in [-0.1, -0.05) is 0 Å². The molecule has 0 unspecified atom stereocenters. The fourth-order valence-electron chi connectivity index (χ4n) is 0. The molecule has 0 aromatic rings. The van der Waals surface area contributed by atoms with Crippen LogP contribution in [0, 0.1) is 46.9 Å². The van der Waals surface area contributed by atoms with Gasteiger partial charge in [-0.05, 0) is 0 Å². The first-order valence-electron chi connectivity index (χ1n) is 0. The second-order valence-corrected chi connectivity index (χ2v) is 0. The van der Waals surface area contributed by atoms with Gasteiger partial charge in [0.25, 0.3) is 0 Å². The van der Waals surface area contributed by atoms with Crippen LogP contribution in [0.3, 0.4) is 0 Å². The molecular weight excluding hydrogens is 244 g/mol. The first-order chi connectivity index (χ1) is 0. The Balaban J connectivity index is 0. The number of hydrogen-bond donors (Lipinski definition) is 0. The van der Waals surface area contributed by atoms with Crippen LogP contribution in [0.5, 0.6) is 0 Å². The van der Waals surface area contributed by atoms with Crippen LogP contribution in [0.15, 0.2) is 0 Å². The Labute approximate surface area is 106 Å². The summed E-state index contributed by atoms with van der Waals surface area (Å²) in [4.78, 5) is 0. The van der Waals surface area contributed by atoms with E-state index in [9.17, 15) is 0 Å². The molecule has 0 atom stereocenters. The summed E-state index contributed by atoms with van der Waals surface area (Å²) in [6.07, 6.45) is 0. The van der Waals surface area contributed by atoms with Gasteiger partial charge in [-0.2, -0.15) is 0 Å². The van der Waals surface area contributed by atoms with Gasteiger partial charge in [0.05, 0.1) is 0 Å². The quantitative estimate of drug-likeness (QED) is 0.402. The van der Waals surface area contributed by atoms with E-state index in [1.54, 1.807) is 0 Å². The Bertz CT molecular complexity index is 6.00. The summed E-state index contributed by atoms with van der Waals surface area (Å²) in [5.41, 5.74) is 0. The van der Waals surface area contributed by atoms with Crippen LogP contribution in [-0.4, -0.2) is 0 Å². The minimum Gasteiger partial charge on any atom is -2.00 e. The van der Waals surface area contributed by atoms with E-state index in [0.29, 0.717) is 0 Å². The van der Waals surface area contributed by atoms with Crippen molar-refractivity contribution < 1.29 is 109 Å². The maximum absolute atomic E-state index is 0. The van der Waals surface area contributed by atoms with Crippen LogP contribution in [-0.2, 0) is 11.0 Å². The average Bonchev–Trinajstić information content (AvgIpc) is 0. The molecule has 27 valence electrons. The van der Waals surface area contributed by atoms with E-state index in [1.165, 1.54) is 0 Å². The first-order valence-corrected chi connectivity index (χ1v) is 0. The third kappa shape index (κ3) is 8.91. The van der Waals surface area contributed by atoms with Crippen molar-refractivity contribution in [3.63, 3.8) is 0 Å². The molecule has 0 fully saturated rings. The molecule has 0 aromatic heterocycles. The van der Waals surface area contributed by atoms with E-state index in [-0.39, 0.29) is 109 Å². The van der Waals surface area contributed by atoms with Crippen LogP contribution in [0.4, 0.5) is 0 Å². The minimum absolute atomic E-state index is 0. The molecule has 1 radical (unpaired) electrons. The zero-order chi connectivity index (χ0) is 0. The zero-order valence-electron chi connectivity index (χ0n) is 2.08. The molecule has 2 nitrogen and oxygen atoms in total. The molecule has 4 heavy (non-hydrogen) atoms. The molecule has 0 bridgehead atoms. The summed E-state index contributed by atoms with van der Waals surface area (Å²) in [6.45, 7) is 0. The summed E-state index contributed by atoms with van der Waals surface area (Å²) >= 11 is 0. The third-order valence-corrected chi connectivity index (χ3v) is 0. The van der Waals surface area contributed by atoms with Crippen molar-refractivity contribution in [3.05, 3.63) is 0 Å². The van der Waals surface area contributed by atoms with E-state index in [0.717, 1.165) is 0 Å². The van der Waals surface area contributed by atoms with Crippen molar-refractivity contribution in [1.29, 1.82) is 0 Å². The van der Waals surface area contributed by atoms with Gasteiger partial charge in [0.2, 0.25) is 0 Å². The minimum atomic E-state index is 0. The van der Waals surface area contributed by atoms with Crippen molar-refractivity contribution in [1.82, 2.24) is 0 Å². The van der Waals surface area contributed by atoms with Crippen LogP contribution < -0.4 is 51.4 Å². The maximum atomic E-state index is 0. The van der Waals surface area contributed by atoms with Gasteiger partial charge < -0.3 is 11.0 Å². The van der Waals surface area contributed by atoms with Gasteiger partial charge >= 0.3 is 98.3 Å². The molecule has 0 aliphatic rings. The van der Waals surface area contributed by atoms with Crippen molar-refractivity contribution in [2.24, 2.45) is 0 Å². The van der Waals surface area contributed by atoms with Crippen LogP contribution >= 0.6 is 0 Å². The molecule has 0 aliphatic heterocycles. The second kappa shape index (κ2) is 16.5. The predicted octanol–water partition coefficient (Wildman–Crippen LogP) is -3.23. The van der Waals surface area contributed by atoms with Crippen LogP contribution in [0.2, 0.25) is 0 Å². The van der Waals surface area contributed by atoms with E-state index < -0.39 is 0 Å². The Kier molecular flexibility index (Phi) is 114. The first kappa shape index (κ1) is 27.6. The molecule has 4 heteroatoms. The summed E-state index contributed by atoms with van der Waals surface area (Å²) in [6, 6.07) is 0. The molecule has 0 spiro atoms. The van der Waals surface area contributed by atoms with Gasteiger partial charge in [-0.15, -0.1) is 0 Å². The monoisotopic (exact) mass is 245 g/mol. The SMILES string of the molecule is [K+].[O-2].[O-2].[Yb+3]. The normalized spacial score (nSPS) is 0. The molecular formula is KO2Yb. The molecule has 0 saturated carbocycles. The maximum Gasteiger partial charge on any atom is 3.00 e. The topological polar surface area (TPSA) is 57.0 Å². The zero-order valence-corrected chi connectivity index (χ0v) is 6.92. The van der Waals surface area contributed by atoms with Crippen molar-refractivity contribution >= 4 is 0 Å². The van der Waals surface area contributed by atoms with Crippen LogP contribution in [0.25, 0.3) is 0 Å². The largest absolute Gasteiger partial charge is 3.00 e. The van der Waals surface area contributed by atoms with E-state index in [4.69, 9.17) is 0 Å². The predicted molar refractivity (Wildman–Crippen MR) is 1.37 cm³/mol. The molecule has 0 aromatic carbocycles. The molecule has 0 aliphatic carbocycles. The Morgan fingerprint density at radius 2 is 0.750 bits per heavy atom. The van der Waals surface area contributed by atoms with Gasteiger partial charge in [0.15, 0.2) is 0 Å². The summed E-state index contributed by atoms with van der Waals surface area (Å²) in [5, 5.41) is 0. The average molecular weight is 244 g/mol. The number of hydrogen-bond acceptors (Lipinski definition) is 0. The Morgan fingerprint density at radius 3 is 0.750 bits per heavy atom. The van der Waals surface area contributed by atoms with Gasteiger partial charge in [-0.25, -0.2) is 0 Å². The summed E-state index contributed by atoms with van der Waals surface area (Å²) in [5.74, 6) is 0. The van der Waals surface area contributed by atoms with E-state index >= 15 is 0 Å². The number of rotatable bonds is 0. The van der Waals surface area contributed by atoms with Crippen molar-refractivity contribution in [3.8, 4) is 0 Å². The van der Waals surface area contributed by atoms with E-state index in [1.807, 2.05) is 0 Å². The molecule has 0 amide bonds. The fourth-order valence-corrected chi connectivity index (χ4v) is 0. The van der Waals surface area contributed by atoms with E-state index in [2.05, 4.69) is 0 Å². The van der Waals surface area contributed by atoms with Gasteiger partial charge in [-0.3, -0.25) is 0 Å². The van der Waals surface area contributed by atoms with Gasteiger partial charge in [0.1, 0.15) is 0 Å². The Morgan fingerprint density at radius 1 is 0.750 bits per heavy atom. The standard InChI is InChI=1S/K.2O.Yb/q+1;2*-2;+3. The summed E-state index contributed by atoms with van der Waals surface area (Å²) in [7, 11) is 0. The smallest absolute Gasteiger partial charge is 2.00 e. The molecule has 0 saturated heterocycles. The van der Waals surface area contributed by atoms with Crippen molar-refractivity contribution in [2.75, 3.05) is 0 Å². The summed E-state index contributed by atoms with van der Waals surface area (Å²) < 4.78 is 0. The third-order valence-electron chi connectivity index (χ3n) is 0.